The van der Waals surface area contributed by atoms with Crippen LogP contribution in [0, 0.1) is 6.92 Å². The van der Waals surface area contributed by atoms with Gasteiger partial charge in [-0.05, 0) is 38.2 Å². The van der Waals surface area contributed by atoms with Crippen molar-refractivity contribution in [3.63, 3.8) is 0 Å². The van der Waals surface area contributed by atoms with E-state index in [1.165, 1.54) is 24.1 Å². The van der Waals surface area contributed by atoms with Crippen LogP contribution >= 0.6 is 0 Å². The molecule has 1 heterocycles. The minimum Gasteiger partial charge on any atom is -0.299 e. The fourth-order valence-corrected chi connectivity index (χ4v) is 2.05. The molecule has 2 rings (SSSR count). The van der Waals surface area contributed by atoms with Gasteiger partial charge in [0, 0.05) is 18.4 Å². The van der Waals surface area contributed by atoms with Crippen molar-refractivity contribution in [1.29, 1.82) is 0 Å². The van der Waals surface area contributed by atoms with Gasteiger partial charge in [-0.15, -0.1) is 0 Å². The largest absolute Gasteiger partial charge is 0.347 e. The molecule has 0 aliphatic heterocycles. The van der Waals surface area contributed by atoms with E-state index in [4.69, 9.17) is 0 Å². The van der Waals surface area contributed by atoms with Gasteiger partial charge in [-0.2, -0.15) is 4.98 Å². The SMILES string of the molecule is Cc1nc(=O)n(C)c2c1CCCC2. The zero-order valence-corrected chi connectivity index (χ0v) is 8.13. The van der Waals surface area contributed by atoms with E-state index in [0.717, 1.165) is 18.5 Å². The second-order valence-electron chi connectivity index (χ2n) is 3.67. The monoisotopic (exact) mass is 178 g/mol. The lowest BCUT2D eigenvalue weighted by Gasteiger charge is -2.19. The number of hydrogen-bond donors (Lipinski definition) is 0. The number of hydrogen-bond acceptors (Lipinski definition) is 2. The van der Waals surface area contributed by atoms with E-state index in [1.807, 2.05) is 14.0 Å². The van der Waals surface area contributed by atoms with Crippen molar-refractivity contribution in [2.24, 2.45) is 7.05 Å². The van der Waals surface area contributed by atoms with E-state index in [0.29, 0.717) is 0 Å². The average molecular weight is 178 g/mol. The van der Waals surface area contributed by atoms with Gasteiger partial charge >= 0.3 is 5.69 Å². The van der Waals surface area contributed by atoms with E-state index >= 15 is 0 Å². The summed E-state index contributed by atoms with van der Waals surface area (Å²) in [6.45, 7) is 1.94. The predicted octanol–water partition coefficient (Wildman–Crippen LogP) is 0.968. The lowest BCUT2D eigenvalue weighted by atomic mass is 9.95. The number of rotatable bonds is 0. The minimum absolute atomic E-state index is 0.113. The normalized spacial score (nSPS) is 15.5. The first-order valence-corrected chi connectivity index (χ1v) is 4.75. The van der Waals surface area contributed by atoms with Crippen LogP contribution in [0.1, 0.15) is 29.8 Å². The van der Waals surface area contributed by atoms with E-state index < -0.39 is 0 Å². The Hall–Kier alpha value is -1.12. The Morgan fingerprint density at radius 1 is 1.31 bits per heavy atom. The molecule has 0 saturated heterocycles. The molecule has 13 heavy (non-hydrogen) atoms. The molecule has 0 amide bonds. The Morgan fingerprint density at radius 2 is 2.00 bits per heavy atom. The molecule has 1 aromatic rings. The molecule has 1 aromatic heterocycles. The summed E-state index contributed by atoms with van der Waals surface area (Å²) in [6, 6.07) is 0. The first-order chi connectivity index (χ1) is 6.20. The summed E-state index contributed by atoms with van der Waals surface area (Å²) in [4.78, 5) is 15.4. The smallest absolute Gasteiger partial charge is 0.299 e. The van der Waals surface area contributed by atoms with Gasteiger partial charge in [0.05, 0.1) is 0 Å². The van der Waals surface area contributed by atoms with Gasteiger partial charge in [-0.1, -0.05) is 0 Å². The summed E-state index contributed by atoms with van der Waals surface area (Å²) in [7, 11) is 1.82. The molecule has 3 heteroatoms. The highest BCUT2D eigenvalue weighted by molar-refractivity contribution is 5.26. The second kappa shape index (κ2) is 2.98. The topological polar surface area (TPSA) is 34.9 Å². The summed E-state index contributed by atoms with van der Waals surface area (Å²) < 4.78 is 1.70. The van der Waals surface area contributed by atoms with Gasteiger partial charge in [0.15, 0.2) is 0 Å². The second-order valence-corrected chi connectivity index (χ2v) is 3.67. The van der Waals surface area contributed by atoms with Gasteiger partial charge in [0.25, 0.3) is 0 Å². The van der Waals surface area contributed by atoms with Crippen LogP contribution < -0.4 is 5.69 Å². The molecular weight excluding hydrogens is 164 g/mol. The maximum Gasteiger partial charge on any atom is 0.347 e. The number of aryl methyl sites for hydroxylation is 1. The fraction of sp³-hybridized carbons (Fsp3) is 0.600. The number of nitrogens with zero attached hydrogens (tertiary/aromatic N) is 2. The first-order valence-electron chi connectivity index (χ1n) is 4.75. The van der Waals surface area contributed by atoms with Gasteiger partial charge in [0.1, 0.15) is 0 Å². The molecule has 0 atom stereocenters. The highest BCUT2D eigenvalue weighted by Crippen LogP contribution is 2.20. The van der Waals surface area contributed by atoms with Crippen molar-refractivity contribution in [2.75, 3.05) is 0 Å². The van der Waals surface area contributed by atoms with Crippen LogP contribution in [0.5, 0.6) is 0 Å². The van der Waals surface area contributed by atoms with Crippen molar-refractivity contribution in [2.45, 2.75) is 32.6 Å². The molecule has 0 bridgehead atoms. The molecular formula is C10H14N2O. The van der Waals surface area contributed by atoms with E-state index in [2.05, 4.69) is 4.98 Å². The van der Waals surface area contributed by atoms with Crippen molar-refractivity contribution in [3.05, 3.63) is 27.4 Å². The molecule has 0 radical (unpaired) electrons. The summed E-state index contributed by atoms with van der Waals surface area (Å²) in [5.74, 6) is 0. The lowest BCUT2D eigenvalue weighted by Crippen LogP contribution is -2.28. The van der Waals surface area contributed by atoms with Crippen molar-refractivity contribution in [3.8, 4) is 0 Å². The first kappa shape index (κ1) is 8.48. The van der Waals surface area contributed by atoms with Gasteiger partial charge in [-0.25, -0.2) is 4.79 Å². The minimum atomic E-state index is -0.113. The van der Waals surface area contributed by atoms with E-state index in [9.17, 15) is 4.79 Å². The van der Waals surface area contributed by atoms with E-state index in [-0.39, 0.29) is 5.69 Å². The van der Waals surface area contributed by atoms with Crippen LogP contribution in [-0.4, -0.2) is 9.55 Å². The Morgan fingerprint density at radius 3 is 2.77 bits per heavy atom. The molecule has 0 fully saturated rings. The van der Waals surface area contributed by atoms with Crippen molar-refractivity contribution >= 4 is 0 Å². The van der Waals surface area contributed by atoms with Crippen LogP contribution in [0.3, 0.4) is 0 Å². The standard InChI is InChI=1S/C10H14N2O/c1-7-8-5-3-4-6-9(8)12(2)10(13)11-7/h3-6H2,1-2H3. The van der Waals surface area contributed by atoms with Crippen LogP contribution in [-0.2, 0) is 19.9 Å². The molecule has 0 saturated carbocycles. The third-order valence-electron chi connectivity index (χ3n) is 2.83. The van der Waals surface area contributed by atoms with Crippen LogP contribution in [0.25, 0.3) is 0 Å². The number of aromatic nitrogens is 2. The molecule has 0 unspecified atom stereocenters. The third-order valence-corrected chi connectivity index (χ3v) is 2.83. The quantitative estimate of drug-likeness (QED) is 0.593. The Kier molecular flexibility index (Phi) is 1.94. The van der Waals surface area contributed by atoms with Gasteiger partial charge in [0.2, 0.25) is 0 Å². The highest BCUT2D eigenvalue weighted by Gasteiger charge is 2.15. The Labute approximate surface area is 77.4 Å². The van der Waals surface area contributed by atoms with E-state index in [1.54, 1.807) is 4.57 Å². The third kappa shape index (κ3) is 1.28. The molecule has 1 aliphatic rings. The summed E-state index contributed by atoms with van der Waals surface area (Å²) in [6.07, 6.45) is 4.55. The summed E-state index contributed by atoms with van der Waals surface area (Å²) >= 11 is 0. The zero-order chi connectivity index (χ0) is 9.42. The Balaban J connectivity index is 2.70. The van der Waals surface area contributed by atoms with Gasteiger partial charge < -0.3 is 0 Å². The van der Waals surface area contributed by atoms with Crippen LogP contribution in [0.4, 0.5) is 0 Å². The van der Waals surface area contributed by atoms with Crippen molar-refractivity contribution in [1.82, 2.24) is 9.55 Å². The molecule has 0 aromatic carbocycles. The maximum atomic E-state index is 11.4. The molecule has 70 valence electrons. The highest BCUT2D eigenvalue weighted by atomic mass is 16.1. The fourth-order valence-electron chi connectivity index (χ4n) is 2.05. The molecule has 0 spiro atoms. The van der Waals surface area contributed by atoms with Crippen molar-refractivity contribution < 1.29 is 0 Å². The molecule has 3 nitrogen and oxygen atoms in total. The Bertz CT molecular complexity index is 393. The summed E-state index contributed by atoms with van der Waals surface area (Å²) in [5, 5.41) is 0. The zero-order valence-electron chi connectivity index (χ0n) is 8.13. The van der Waals surface area contributed by atoms with Gasteiger partial charge in [-0.3, -0.25) is 4.57 Å². The molecule has 0 N–H and O–H groups in total. The maximum absolute atomic E-state index is 11.4. The predicted molar refractivity (Wildman–Crippen MR) is 50.9 cm³/mol. The van der Waals surface area contributed by atoms with Crippen LogP contribution in [0.15, 0.2) is 4.79 Å². The molecule has 1 aliphatic carbocycles. The number of fused-ring (bicyclic) bond motifs is 1. The van der Waals surface area contributed by atoms with Crippen LogP contribution in [0.2, 0.25) is 0 Å². The summed E-state index contributed by atoms with van der Waals surface area (Å²) in [5.41, 5.74) is 3.31. The lowest BCUT2D eigenvalue weighted by molar-refractivity contribution is 0.603. The average Bonchev–Trinajstić information content (AvgIpc) is 2.15.